The second kappa shape index (κ2) is 5.57. The molecule has 1 aliphatic heterocycles. The van der Waals surface area contributed by atoms with Crippen molar-refractivity contribution in [1.82, 2.24) is 20.2 Å². The van der Waals surface area contributed by atoms with Crippen molar-refractivity contribution in [3.8, 4) is 0 Å². The summed E-state index contributed by atoms with van der Waals surface area (Å²) in [4.78, 5) is 15.5. The fraction of sp³-hybridized carbons (Fsp3) is 0.556. The maximum atomic E-state index is 11.9. The SMILES string of the molecule is Cl.O=C(NCC(F)(F)F)c1cnc2n1CCNC2. The summed E-state index contributed by atoms with van der Waals surface area (Å²) in [5, 5.41) is 4.88. The van der Waals surface area contributed by atoms with Gasteiger partial charge in [-0.2, -0.15) is 13.2 Å². The Morgan fingerprint density at radius 3 is 2.94 bits per heavy atom. The van der Waals surface area contributed by atoms with Gasteiger partial charge in [-0.15, -0.1) is 12.4 Å². The number of alkyl halides is 3. The van der Waals surface area contributed by atoms with Crippen LogP contribution in [0.2, 0.25) is 0 Å². The lowest BCUT2D eigenvalue weighted by molar-refractivity contribution is -0.123. The van der Waals surface area contributed by atoms with E-state index < -0.39 is 18.6 Å². The molecule has 5 nitrogen and oxygen atoms in total. The van der Waals surface area contributed by atoms with Crippen molar-refractivity contribution in [2.45, 2.75) is 19.3 Å². The zero-order valence-corrected chi connectivity index (χ0v) is 10.1. The van der Waals surface area contributed by atoms with Gasteiger partial charge in [-0.3, -0.25) is 4.79 Å². The van der Waals surface area contributed by atoms with Crippen molar-refractivity contribution in [1.29, 1.82) is 0 Å². The Labute approximate surface area is 107 Å². The van der Waals surface area contributed by atoms with Gasteiger partial charge in [0.05, 0.1) is 12.7 Å². The van der Waals surface area contributed by atoms with Gasteiger partial charge in [0.2, 0.25) is 0 Å². The number of halogens is 4. The van der Waals surface area contributed by atoms with E-state index in [1.165, 1.54) is 6.20 Å². The number of carbonyl (C=O) groups excluding carboxylic acids is 1. The largest absolute Gasteiger partial charge is 0.405 e. The van der Waals surface area contributed by atoms with Crippen LogP contribution in [0.15, 0.2) is 6.20 Å². The molecule has 2 heterocycles. The third kappa shape index (κ3) is 3.36. The van der Waals surface area contributed by atoms with Crippen molar-refractivity contribution in [3.05, 3.63) is 17.7 Å². The summed E-state index contributed by atoms with van der Waals surface area (Å²) in [5.74, 6) is -0.0867. The van der Waals surface area contributed by atoms with Crippen LogP contribution in [-0.4, -0.2) is 34.7 Å². The van der Waals surface area contributed by atoms with Crippen LogP contribution in [0.3, 0.4) is 0 Å². The third-order valence-corrected chi connectivity index (χ3v) is 2.42. The number of imidazole rings is 1. The first kappa shape index (κ1) is 14.8. The standard InChI is InChI=1S/C9H11F3N4O.ClH/c10-9(11,12)5-15-8(17)6-3-14-7-4-13-1-2-16(6)7;/h3,13H,1-2,4-5H2,(H,15,17);1H. The van der Waals surface area contributed by atoms with E-state index in [4.69, 9.17) is 0 Å². The zero-order chi connectivity index (χ0) is 12.5. The molecule has 0 unspecified atom stereocenters. The molecule has 0 fully saturated rings. The first-order valence-electron chi connectivity index (χ1n) is 5.07. The van der Waals surface area contributed by atoms with Gasteiger partial charge < -0.3 is 15.2 Å². The lowest BCUT2D eigenvalue weighted by Crippen LogP contribution is -2.36. The average molecular weight is 285 g/mol. The Kier molecular flexibility index (Phi) is 4.58. The molecule has 1 aromatic rings. The maximum absolute atomic E-state index is 11.9. The Morgan fingerprint density at radius 1 is 1.56 bits per heavy atom. The number of rotatable bonds is 2. The van der Waals surface area contributed by atoms with E-state index in [-0.39, 0.29) is 18.1 Å². The predicted molar refractivity (Wildman–Crippen MR) is 59.6 cm³/mol. The highest BCUT2D eigenvalue weighted by Gasteiger charge is 2.29. The van der Waals surface area contributed by atoms with E-state index in [0.717, 1.165) is 0 Å². The second-order valence-corrected chi connectivity index (χ2v) is 3.69. The highest BCUT2D eigenvalue weighted by atomic mass is 35.5. The molecule has 18 heavy (non-hydrogen) atoms. The Hall–Kier alpha value is -1.28. The minimum atomic E-state index is -4.40. The Bertz CT molecular complexity index is 432. The first-order valence-corrected chi connectivity index (χ1v) is 5.07. The van der Waals surface area contributed by atoms with E-state index in [0.29, 0.717) is 25.5 Å². The molecular weight excluding hydrogens is 273 g/mol. The molecule has 1 amide bonds. The number of carbonyl (C=O) groups is 1. The molecule has 0 saturated heterocycles. The van der Waals surface area contributed by atoms with E-state index in [2.05, 4.69) is 10.3 Å². The molecule has 0 spiro atoms. The topological polar surface area (TPSA) is 59.0 Å². The number of hydrogen-bond acceptors (Lipinski definition) is 3. The number of amides is 1. The molecule has 0 aromatic carbocycles. The van der Waals surface area contributed by atoms with Crippen molar-refractivity contribution in [2.75, 3.05) is 13.1 Å². The molecule has 0 bridgehead atoms. The van der Waals surface area contributed by atoms with Crippen molar-refractivity contribution in [3.63, 3.8) is 0 Å². The second-order valence-electron chi connectivity index (χ2n) is 3.69. The number of nitrogens with one attached hydrogen (secondary N) is 2. The van der Waals surface area contributed by atoms with Crippen LogP contribution in [0.5, 0.6) is 0 Å². The van der Waals surface area contributed by atoms with Crippen molar-refractivity contribution < 1.29 is 18.0 Å². The highest BCUT2D eigenvalue weighted by molar-refractivity contribution is 5.92. The maximum Gasteiger partial charge on any atom is 0.405 e. The van der Waals surface area contributed by atoms with E-state index in [9.17, 15) is 18.0 Å². The quantitative estimate of drug-likeness (QED) is 0.840. The molecule has 1 aliphatic rings. The van der Waals surface area contributed by atoms with Gasteiger partial charge in [-0.1, -0.05) is 0 Å². The number of aromatic nitrogens is 2. The highest BCUT2D eigenvalue weighted by Crippen LogP contribution is 2.13. The molecule has 0 atom stereocenters. The number of hydrogen-bond donors (Lipinski definition) is 2. The normalized spacial score (nSPS) is 14.6. The average Bonchev–Trinajstić information content (AvgIpc) is 2.68. The minimum Gasteiger partial charge on any atom is -0.342 e. The molecule has 0 saturated carbocycles. The molecule has 2 N–H and O–H groups in total. The Balaban J connectivity index is 0.00000162. The van der Waals surface area contributed by atoms with Crippen LogP contribution in [-0.2, 0) is 13.1 Å². The monoisotopic (exact) mass is 284 g/mol. The predicted octanol–water partition coefficient (Wildman–Crippen LogP) is 0.700. The molecule has 2 rings (SSSR count). The van der Waals surface area contributed by atoms with Gasteiger partial charge in [-0.05, 0) is 0 Å². The van der Waals surface area contributed by atoms with Crippen LogP contribution in [0.25, 0.3) is 0 Å². The van der Waals surface area contributed by atoms with E-state index >= 15 is 0 Å². The fourth-order valence-electron chi connectivity index (χ4n) is 1.65. The summed E-state index contributed by atoms with van der Waals surface area (Å²) in [6.45, 7) is 0.393. The molecule has 9 heteroatoms. The number of nitrogens with zero attached hydrogens (tertiary/aromatic N) is 2. The van der Waals surface area contributed by atoms with Crippen molar-refractivity contribution in [2.24, 2.45) is 0 Å². The third-order valence-electron chi connectivity index (χ3n) is 2.42. The lowest BCUT2D eigenvalue weighted by atomic mass is 10.3. The van der Waals surface area contributed by atoms with Crippen LogP contribution in [0.4, 0.5) is 13.2 Å². The van der Waals surface area contributed by atoms with Gasteiger partial charge in [0.25, 0.3) is 5.91 Å². The van der Waals surface area contributed by atoms with E-state index in [1.807, 2.05) is 5.32 Å². The summed E-state index contributed by atoms with van der Waals surface area (Å²) in [6.07, 6.45) is -3.10. The summed E-state index contributed by atoms with van der Waals surface area (Å²) < 4.78 is 37.5. The molecular formula is C9H12ClF3N4O. The summed E-state index contributed by atoms with van der Waals surface area (Å²) >= 11 is 0. The Morgan fingerprint density at radius 2 is 2.28 bits per heavy atom. The van der Waals surface area contributed by atoms with Gasteiger partial charge in [0, 0.05) is 13.1 Å². The summed E-state index contributed by atoms with van der Waals surface area (Å²) in [7, 11) is 0. The zero-order valence-electron chi connectivity index (χ0n) is 9.25. The molecule has 0 radical (unpaired) electrons. The molecule has 102 valence electrons. The van der Waals surface area contributed by atoms with Crippen LogP contribution < -0.4 is 10.6 Å². The summed E-state index contributed by atoms with van der Waals surface area (Å²) in [6, 6.07) is 0. The van der Waals surface area contributed by atoms with Crippen LogP contribution in [0, 0.1) is 0 Å². The smallest absolute Gasteiger partial charge is 0.342 e. The van der Waals surface area contributed by atoms with Gasteiger partial charge in [0.15, 0.2) is 0 Å². The number of fused-ring (bicyclic) bond motifs is 1. The van der Waals surface area contributed by atoms with Gasteiger partial charge >= 0.3 is 6.18 Å². The van der Waals surface area contributed by atoms with Crippen LogP contribution >= 0.6 is 12.4 Å². The fourth-order valence-corrected chi connectivity index (χ4v) is 1.65. The molecule has 0 aliphatic carbocycles. The summed E-state index contributed by atoms with van der Waals surface area (Å²) in [5.41, 5.74) is 0.172. The van der Waals surface area contributed by atoms with Gasteiger partial charge in [0.1, 0.15) is 18.1 Å². The lowest BCUT2D eigenvalue weighted by Gasteiger charge is -2.17. The van der Waals surface area contributed by atoms with Gasteiger partial charge in [-0.25, -0.2) is 4.98 Å². The van der Waals surface area contributed by atoms with E-state index in [1.54, 1.807) is 4.57 Å². The van der Waals surface area contributed by atoms with Crippen LogP contribution in [0.1, 0.15) is 16.3 Å². The minimum absolute atomic E-state index is 0. The first-order chi connectivity index (χ1) is 7.97. The van der Waals surface area contributed by atoms with Crippen molar-refractivity contribution >= 4 is 18.3 Å². The molecule has 1 aromatic heterocycles.